The quantitative estimate of drug-likeness (QED) is 0.656. The van der Waals surface area contributed by atoms with Crippen molar-refractivity contribution in [2.24, 2.45) is 10.7 Å². The molecular weight excluding hydrogens is 298 g/mol. The number of thioether (sulfide) groups is 1. The number of hydrogen-bond acceptors (Lipinski definition) is 4. The molecule has 0 atom stereocenters. The molecule has 0 fully saturated rings. The molecule has 0 unspecified atom stereocenters. The highest BCUT2D eigenvalue weighted by atomic mass is 32.2. The maximum absolute atomic E-state index is 12.0. The first-order chi connectivity index (χ1) is 10.0. The summed E-state index contributed by atoms with van der Waals surface area (Å²) in [5, 5.41) is 3.37. The second-order valence-electron chi connectivity index (χ2n) is 6.46. The fourth-order valence-corrected chi connectivity index (χ4v) is 1.96. The molecule has 0 aliphatic carbocycles. The van der Waals surface area contributed by atoms with E-state index in [1.807, 2.05) is 65.1 Å². The number of carbonyl (C=O) groups is 1. The summed E-state index contributed by atoms with van der Waals surface area (Å²) >= 11 is 1.39. The largest absolute Gasteiger partial charge is 0.444 e. The average Bonchev–Trinajstić information content (AvgIpc) is 2.35. The first kappa shape index (κ1) is 18.4. The van der Waals surface area contributed by atoms with E-state index in [1.54, 1.807) is 0 Å². The van der Waals surface area contributed by atoms with E-state index >= 15 is 0 Å². The summed E-state index contributed by atoms with van der Waals surface area (Å²) in [5.74, 6) is 0. The number of nitrogens with two attached hydrogens (primary N) is 1. The molecule has 1 amide bonds. The number of nitrogens with zero attached hydrogens (tertiary/aromatic N) is 1. The van der Waals surface area contributed by atoms with E-state index in [9.17, 15) is 4.79 Å². The van der Waals surface area contributed by atoms with E-state index in [0.717, 1.165) is 11.3 Å². The molecule has 1 aromatic carbocycles. The van der Waals surface area contributed by atoms with Crippen LogP contribution in [0.2, 0.25) is 0 Å². The van der Waals surface area contributed by atoms with Crippen LogP contribution in [0.1, 0.15) is 40.2 Å². The Morgan fingerprint density at radius 2 is 1.91 bits per heavy atom. The fourth-order valence-electron chi connectivity index (χ4n) is 1.77. The van der Waals surface area contributed by atoms with Gasteiger partial charge in [-0.1, -0.05) is 23.9 Å². The Morgan fingerprint density at radius 1 is 1.27 bits per heavy atom. The van der Waals surface area contributed by atoms with Gasteiger partial charge in [-0.3, -0.25) is 0 Å². The summed E-state index contributed by atoms with van der Waals surface area (Å²) in [7, 11) is 0. The fraction of sp³-hybridized carbons (Fsp3) is 0.500. The molecule has 3 N–H and O–H groups in total. The highest BCUT2D eigenvalue weighted by Gasteiger charge is 2.26. The van der Waals surface area contributed by atoms with Crippen LogP contribution in [0.5, 0.6) is 0 Å². The van der Waals surface area contributed by atoms with Gasteiger partial charge in [-0.05, 0) is 58.6 Å². The Bertz CT molecular complexity index is 563. The van der Waals surface area contributed by atoms with Crippen molar-refractivity contribution >= 4 is 28.7 Å². The summed E-state index contributed by atoms with van der Waals surface area (Å²) in [6.45, 7) is 9.33. The van der Waals surface area contributed by atoms with E-state index in [-0.39, 0.29) is 0 Å². The third-order valence-corrected chi connectivity index (χ3v) is 3.34. The molecule has 0 saturated heterocycles. The number of carbonyl (C=O) groups excluding carboxylic acids is 1. The minimum atomic E-state index is -0.581. The van der Waals surface area contributed by atoms with Crippen molar-refractivity contribution in [2.75, 3.05) is 6.26 Å². The first-order valence-electron chi connectivity index (χ1n) is 7.03. The van der Waals surface area contributed by atoms with Crippen LogP contribution in [0.25, 0.3) is 0 Å². The summed E-state index contributed by atoms with van der Waals surface area (Å²) in [5.41, 5.74) is 6.31. The molecule has 1 aromatic rings. The van der Waals surface area contributed by atoms with Gasteiger partial charge in [-0.2, -0.15) is 0 Å². The van der Waals surface area contributed by atoms with E-state index in [1.165, 1.54) is 11.8 Å². The molecule has 1 rings (SSSR count). The van der Waals surface area contributed by atoms with Gasteiger partial charge in [0.25, 0.3) is 0 Å². The van der Waals surface area contributed by atoms with Gasteiger partial charge < -0.3 is 15.8 Å². The maximum atomic E-state index is 12.0. The number of ether oxygens (including phenoxy) is 1. The smallest absolute Gasteiger partial charge is 0.408 e. The van der Waals surface area contributed by atoms with Crippen LogP contribution in [-0.4, -0.2) is 23.1 Å². The Kier molecular flexibility index (Phi) is 5.88. The van der Waals surface area contributed by atoms with Gasteiger partial charge in [-0.25, -0.2) is 9.79 Å². The van der Waals surface area contributed by atoms with E-state index < -0.39 is 17.2 Å². The van der Waals surface area contributed by atoms with Gasteiger partial charge in [0.05, 0.1) is 11.2 Å². The van der Waals surface area contributed by atoms with Crippen LogP contribution < -0.4 is 11.1 Å². The molecule has 122 valence electrons. The number of benzene rings is 1. The lowest BCUT2D eigenvalue weighted by molar-refractivity contribution is 0.0470. The first-order valence-corrected chi connectivity index (χ1v) is 8.26. The highest BCUT2D eigenvalue weighted by Crippen LogP contribution is 2.25. The van der Waals surface area contributed by atoms with Crippen LogP contribution in [0.15, 0.2) is 29.3 Å². The van der Waals surface area contributed by atoms with Crippen molar-refractivity contribution in [1.29, 1.82) is 0 Å². The number of hydrogen-bond donors (Lipinski definition) is 2. The highest BCUT2D eigenvalue weighted by molar-refractivity contribution is 8.13. The average molecular weight is 323 g/mol. The minimum Gasteiger partial charge on any atom is -0.444 e. The van der Waals surface area contributed by atoms with Crippen LogP contribution >= 0.6 is 11.8 Å². The van der Waals surface area contributed by atoms with E-state index in [2.05, 4.69) is 10.3 Å². The summed E-state index contributed by atoms with van der Waals surface area (Å²) in [6.07, 6.45) is 1.42. The second-order valence-corrected chi connectivity index (χ2v) is 7.28. The number of amidine groups is 1. The normalized spacial score (nSPS) is 12.9. The number of nitrogens with one attached hydrogen (secondary N) is 1. The molecule has 0 aromatic heterocycles. The molecule has 0 bridgehead atoms. The zero-order valence-corrected chi connectivity index (χ0v) is 14.9. The Labute approximate surface area is 136 Å². The van der Waals surface area contributed by atoms with E-state index in [4.69, 9.17) is 10.5 Å². The molecule has 0 radical (unpaired) electrons. The third kappa shape index (κ3) is 5.97. The maximum Gasteiger partial charge on any atom is 0.408 e. The molecule has 0 aliphatic heterocycles. The van der Waals surface area contributed by atoms with Crippen molar-refractivity contribution < 1.29 is 9.53 Å². The van der Waals surface area contributed by atoms with Crippen molar-refractivity contribution in [3.05, 3.63) is 29.8 Å². The predicted molar refractivity (Wildman–Crippen MR) is 93.6 cm³/mol. The van der Waals surface area contributed by atoms with Crippen molar-refractivity contribution in [3.8, 4) is 0 Å². The predicted octanol–water partition coefficient (Wildman–Crippen LogP) is 3.76. The van der Waals surface area contributed by atoms with Gasteiger partial charge in [0.2, 0.25) is 0 Å². The topological polar surface area (TPSA) is 76.7 Å². The lowest BCUT2D eigenvalue weighted by atomic mass is 9.94. The van der Waals surface area contributed by atoms with Gasteiger partial charge in [0, 0.05) is 0 Å². The zero-order chi connectivity index (χ0) is 17.0. The van der Waals surface area contributed by atoms with E-state index in [0.29, 0.717) is 5.17 Å². The van der Waals surface area contributed by atoms with Crippen LogP contribution in [0, 0.1) is 0 Å². The van der Waals surface area contributed by atoms with Crippen molar-refractivity contribution in [2.45, 2.75) is 45.8 Å². The number of aliphatic imine (C=N–C) groups is 1. The molecule has 0 saturated carbocycles. The standard InChI is InChI=1S/C16H25N3O2S/c1-15(2,3)21-14(20)19-16(4,5)11-8-7-9-12(10-11)18-13(17)22-6/h7-10H,1-6H3,(H2,17,18)(H,19,20). The lowest BCUT2D eigenvalue weighted by Crippen LogP contribution is -2.43. The Hall–Kier alpha value is -1.69. The van der Waals surface area contributed by atoms with Gasteiger partial charge >= 0.3 is 6.09 Å². The van der Waals surface area contributed by atoms with Crippen molar-refractivity contribution in [1.82, 2.24) is 5.32 Å². The van der Waals surface area contributed by atoms with Gasteiger partial charge in [-0.15, -0.1) is 0 Å². The van der Waals surface area contributed by atoms with Gasteiger partial charge in [0.15, 0.2) is 5.17 Å². The molecule has 22 heavy (non-hydrogen) atoms. The van der Waals surface area contributed by atoms with Crippen LogP contribution in [0.4, 0.5) is 10.5 Å². The Balaban J connectivity index is 2.93. The SMILES string of the molecule is CSC(N)=Nc1cccc(C(C)(C)NC(=O)OC(C)(C)C)c1. The molecule has 0 spiro atoms. The molecule has 0 aliphatic rings. The number of rotatable bonds is 3. The Morgan fingerprint density at radius 3 is 2.45 bits per heavy atom. The summed E-state index contributed by atoms with van der Waals surface area (Å²) in [6, 6.07) is 7.60. The number of amides is 1. The summed E-state index contributed by atoms with van der Waals surface area (Å²) < 4.78 is 5.31. The second kappa shape index (κ2) is 7.05. The zero-order valence-electron chi connectivity index (χ0n) is 14.1. The third-order valence-electron chi connectivity index (χ3n) is 2.83. The molecule has 0 heterocycles. The molecule has 6 heteroatoms. The minimum absolute atomic E-state index is 0.449. The van der Waals surface area contributed by atoms with Crippen LogP contribution in [-0.2, 0) is 10.3 Å². The molecule has 5 nitrogen and oxygen atoms in total. The van der Waals surface area contributed by atoms with Crippen LogP contribution in [0.3, 0.4) is 0 Å². The monoisotopic (exact) mass is 323 g/mol. The molecular formula is C16H25N3O2S. The number of alkyl carbamates (subject to hydrolysis) is 1. The van der Waals surface area contributed by atoms with Gasteiger partial charge in [0.1, 0.15) is 5.60 Å². The van der Waals surface area contributed by atoms with Crippen molar-refractivity contribution in [3.63, 3.8) is 0 Å². The summed E-state index contributed by atoms with van der Waals surface area (Å²) in [4.78, 5) is 16.3. The lowest BCUT2D eigenvalue weighted by Gasteiger charge is -2.29.